The molecule has 1 N–H and O–H groups in total. The summed E-state index contributed by atoms with van der Waals surface area (Å²) in [6, 6.07) is 14.3. The first-order chi connectivity index (χ1) is 10.5. The minimum atomic E-state index is -0.134. The Kier molecular flexibility index (Phi) is 5.72. The fraction of sp³-hybridized carbons (Fsp3) is 0.176. The summed E-state index contributed by atoms with van der Waals surface area (Å²) in [5.41, 5.74) is 1.29. The molecule has 0 aliphatic heterocycles. The third-order valence-corrected chi connectivity index (χ3v) is 3.46. The molecule has 114 valence electrons. The van der Waals surface area contributed by atoms with Crippen LogP contribution in [0.2, 0.25) is 0 Å². The number of nitrogens with one attached hydrogen (secondary N) is 1. The zero-order chi connectivity index (χ0) is 15.9. The van der Waals surface area contributed by atoms with E-state index in [-0.39, 0.29) is 18.1 Å². The van der Waals surface area contributed by atoms with Gasteiger partial charge >= 0.3 is 0 Å². The fourth-order valence-corrected chi connectivity index (χ4v) is 2.21. The summed E-state index contributed by atoms with van der Waals surface area (Å²) in [4.78, 5) is 23.0. The van der Waals surface area contributed by atoms with Gasteiger partial charge in [0.15, 0.2) is 5.78 Å². The predicted molar refractivity (Wildman–Crippen MR) is 89.3 cm³/mol. The van der Waals surface area contributed by atoms with E-state index in [9.17, 15) is 9.59 Å². The van der Waals surface area contributed by atoms with E-state index >= 15 is 0 Å². The lowest BCUT2D eigenvalue weighted by Crippen LogP contribution is -2.15. The topological polar surface area (TPSA) is 55.4 Å². The van der Waals surface area contributed by atoms with Crippen molar-refractivity contribution in [1.29, 1.82) is 0 Å². The number of rotatable bonds is 6. The van der Waals surface area contributed by atoms with Gasteiger partial charge in [0.25, 0.3) is 0 Å². The highest BCUT2D eigenvalue weighted by molar-refractivity contribution is 9.10. The summed E-state index contributed by atoms with van der Waals surface area (Å²) in [6.07, 6.45) is 0.251. The van der Waals surface area contributed by atoms with Crippen LogP contribution in [-0.2, 0) is 4.79 Å². The highest BCUT2D eigenvalue weighted by atomic mass is 79.9. The first-order valence-electron chi connectivity index (χ1n) is 6.84. The minimum absolute atomic E-state index is 0.000276. The Morgan fingerprint density at radius 2 is 1.86 bits per heavy atom. The van der Waals surface area contributed by atoms with Crippen LogP contribution < -0.4 is 10.1 Å². The van der Waals surface area contributed by atoms with Crippen molar-refractivity contribution in [3.63, 3.8) is 0 Å². The molecular formula is C17H16BrNO3. The van der Waals surface area contributed by atoms with E-state index in [1.807, 2.05) is 24.3 Å². The fourth-order valence-electron chi connectivity index (χ4n) is 1.83. The summed E-state index contributed by atoms with van der Waals surface area (Å²) in [5.74, 6) is 0.582. The molecular weight excluding hydrogens is 346 g/mol. The smallest absolute Gasteiger partial charge is 0.227 e. The molecule has 0 aromatic heterocycles. The van der Waals surface area contributed by atoms with Gasteiger partial charge in [-0.2, -0.15) is 0 Å². The predicted octanol–water partition coefficient (Wildman–Crippen LogP) is 4.06. The van der Waals surface area contributed by atoms with Crippen molar-refractivity contribution in [2.24, 2.45) is 0 Å². The van der Waals surface area contributed by atoms with Gasteiger partial charge in [0.05, 0.1) is 13.0 Å². The number of benzene rings is 2. The molecule has 2 aromatic carbocycles. The van der Waals surface area contributed by atoms with Crippen molar-refractivity contribution in [2.45, 2.75) is 13.3 Å². The first kappa shape index (κ1) is 16.2. The summed E-state index contributed by atoms with van der Waals surface area (Å²) >= 11 is 3.36. The van der Waals surface area contributed by atoms with Crippen LogP contribution in [0.25, 0.3) is 0 Å². The minimum Gasteiger partial charge on any atom is -0.493 e. The maximum Gasteiger partial charge on any atom is 0.227 e. The molecule has 0 aliphatic carbocycles. The molecule has 0 saturated heterocycles. The third-order valence-electron chi connectivity index (χ3n) is 2.97. The molecule has 1 amide bonds. The third kappa shape index (κ3) is 5.00. The number of Topliss-reactive ketones (excluding diaryl/α,β-unsaturated/α-hetero) is 1. The lowest BCUT2D eigenvalue weighted by atomic mass is 10.1. The van der Waals surface area contributed by atoms with Crippen LogP contribution in [0.1, 0.15) is 23.7 Å². The molecule has 0 aliphatic rings. The maximum absolute atomic E-state index is 11.8. The van der Waals surface area contributed by atoms with E-state index in [0.29, 0.717) is 23.6 Å². The monoisotopic (exact) mass is 361 g/mol. The number of amides is 1. The molecule has 2 rings (SSSR count). The van der Waals surface area contributed by atoms with Crippen LogP contribution in [0.3, 0.4) is 0 Å². The molecule has 22 heavy (non-hydrogen) atoms. The van der Waals surface area contributed by atoms with E-state index in [4.69, 9.17) is 4.74 Å². The molecule has 0 fully saturated rings. The van der Waals surface area contributed by atoms with Gasteiger partial charge in [0.2, 0.25) is 5.91 Å². The van der Waals surface area contributed by atoms with Gasteiger partial charge in [-0.1, -0.05) is 22.0 Å². The van der Waals surface area contributed by atoms with Gasteiger partial charge in [-0.05, 0) is 49.4 Å². The van der Waals surface area contributed by atoms with Gasteiger partial charge in [-0.15, -0.1) is 0 Å². The molecule has 0 unspecified atom stereocenters. The maximum atomic E-state index is 11.8. The van der Waals surface area contributed by atoms with E-state index in [2.05, 4.69) is 21.2 Å². The number of anilines is 1. The number of hydrogen-bond donors (Lipinski definition) is 1. The van der Waals surface area contributed by atoms with Crippen LogP contribution in [-0.4, -0.2) is 18.3 Å². The Morgan fingerprint density at radius 3 is 2.50 bits per heavy atom. The lowest BCUT2D eigenvalue weighted by molar-refractivity contribution is -0.116. The van der Waals surface area contributed by atoms with E-state index in [1.165, 1.54) is 6.92 Å². The Balaban J connectivity index is 1.79. The molecule has 0 heterocycles. The number of ether oxygens (including phenoxy) is 1. The van der Waals surface area contributed by atoms with Crippen molar-refractivity contribution in [1.82, 2.24) is 0 Å². The van der Waals surface area contributed by atoms with Crippen molar-refractivity contribution in [3.05, 3.63) is 58.6 Å². The van der Waals surface area contributed by atoms with Crippen LogP contribution >= 0.6 is 15.9 Å². The highest BCUT2D eigenvalue weighted by Gasteiger charge is 2.04. The largest absolute Gasteiger partial charge is 0.493 e. The Hall–Kier alpha value is -2.14. The first-order valence-corrected chi connectivity index (χ1v) is 7.63. The van der Waals surface area contributed by atoms with Crippen molar-refractivity contribution in [2.75, 3.05) is 11.9 Å². The van der Waals surface area contributed by atoms with Gasteiger partial charge < -0.3 is 10.1 Å². The highest BCUT2D eigenvalue weighted by Crippen LogP contribution is 2.18. The lowest BCUT2D eigenvalue weighted by Gasteiger charge is -2.08. The molecule has 5 heteroatoms. The molecule has 0 saturated carbocycles. The van der Waals surface area contributed by atoms with Gasteiger partial charge in [0.1, 0.15) is 5.75 Å². The van der Waals surface area contributed by atoms with Crippen molar-refractivity contribution in [3.8, 4) is 5.75 Å². The van der Waals surface area contributed by atoms with Gasteiger partial charge in [-0.3, -0.25) is 9.59 Å². The second-order valence-electron chi connectivity index (χ2n) is 4.74. The molecule has 0 atom stereocenters. The zero-order valence-corrected chi connectivity index (χ0v) is 13.7. The van der Waals surface area contributed by atoms with E-state index in [0.717, 1.165) is 4.47 Å². The Bertz CT molecular complexity index is 668. The number of halogens is 1. The molecule has 0 radical (unpaired) electrons. The molecule has 0 bridgehead atoms. The summed E-state index contributed by atoms with van der Waals surface area (Å²) in [5, 5.41) is 2.77. The number of ketones is 1. The Labute approximate surface area is 137 Å². The normalized spacial score (nSPS) is 10.1. The zero-order valence-electron chi connectivity index (χ0n) is 12.1. The SMILES string of the molecule is CC(=O)c1ccc(NC(=O)CCOc2cccc(Br)c2)cc1. The average molecular weight is 362 g/mol. The van der Waals surface area contributed by atoms with Crippen LogP contribution in [0.5, 0.6) is 5.75 Å². The van der Waals surface area contributed by atoms with Gasteiger partial charge in [-0.25, -0.2) is 0 Å². The van der Waals surface area contributed by atoms with E-state index < -0.39 is 0 Å². The number of carbonyl (C=O) groups excluding carboxylic acids is 2. The van der Waals surface area contributed by atoms with Crippen molar-refractivity contribution < 1.29 is 14.3 Å². The average Bonchev–Trinajstić information content (AvgIpc) is 2.48. The molecule has 4 nitrogen and oxygen atoms in total. The van der Waals surface area contributed by atoms with Crippen LogP contribution in [0, 0.1) is 0 Å². The Morgan fingerprint density at radius 1 is 1.14 bits per heavy atom. The van der Waals surface area contributed by atoms with Gasteiger partial charge in [0, 0.05) is 15.7 Å². The second kappa shape index (κ2) is 7.75. The molecule has 2 aromatic rings. The van der Waals surface area contributed by atoms with Crippen LogP contribution in [0.4, 0.5) is 5.69 Å². The standard InChI is InChI=1S/C17H16BrNO3/c1-12(20)13-5-7-15(8-6-13)19-17(21)9-10-22-16-4-2-3-14(18)11-16/h2-8,11H,9-10H2,1H3,(H,19,21). The summed E-state index contributed by atoms with van der Waals surface area (Å²) in [6.45, 7) is 1.81. The summed E-state index contributed by atoms with van der Waals surface area (Å²) < 4.78 is 6.44. The number of carbonyl (C=O) groups is 2. The quantitative estimate of drug-likeness (QED) is 0.789. The van der Waals surface area contributed by atoms with E-state index in [1.54, 1.807) is 24.3 Å². The second-order valence-corrected chi connectivity index (χ2v) is 5.65. The van der Waals surface area contributed by atoms with Crippen LogP contribution in [0.15, 0.2) is 53.0 Å². The molecule has 0 spiro atoms. The summed E-state index contributed by atoms with van der Waals surface area (Å²) in [7, 11) is 0. The van der Waals surface area contributed by atoms with Crippen molar-refractivity contribution >= 4 is 33.3 Å². The number of hydrogen-bond acceptors (Lipinski definition) is 3.